The summed E-state index contributed by atoms with van der Waals surface area (Å²) in [6.07, 6.45) is 0.0286. The van der Waals surface area contributed by atoms with Gasteiger partial charge in [0, 0.05) is 6.42 Å². The Morgan fingerprint density at radius 3 is 2.80 bits per heavy atom. The minimum Gasteiger partial charge on any atom is -0.469 e. The second-order valence-electron chi connectivity index (χ2n) is 1.92. The van der Waals surface area contributed by atoms with E-state index in [1.165, 1.54) is 7.11 Å². The molecule has 0 rings (SSSR count). The van der Waals surface area contributed by atoms with E-state index in [2.05, 4.69) is 10.1 Å². The zero-order chi connectivity index (χ0) is 7.98. The molecule has 0 aromatic heterocycles. The molecule has 10 heavy (non-hydrogen) atoms. The van der Waals surface area contributed by atoms with E-state index in [-0.39, 0.29) is 12.4 Å². The van der Waals surface area contributed by atoms with E-state index in [0.717, 1.165) is 0 Å². The molecule has 1 unspecified atom stereocenters. The lowest BCUT2D eigenvalue weighted by Crippen LogP contribution is -2.25. The number of ether oxygens (including phenoxy) is 1. The molecule has 0 aromatic rings. The van der Waals surface area contributed by atoms with Crippen LogP contribution in [-0.2, 0) is 9.53 Å². The van der Waals surface area contributed by atoms with Crippen LogP contribution in [0.3, 0.4) is 0 Å². The maximum atomic E-state index is 10.5. The first-order valence-electron chi connectivity index (χ1n) is 3.13. The Hall–Kier alpha value is -0.610. The Morgan fingerprint density at radius 1 is 1.80 bits per heavy atom. The molecule has 1 atom stereocenters. The van der Waals surface area contributed by atoms with Crippen LogP contribution in [0, 0.1) is 0 Å². The highest BCUT2D eigenvalue weighted by Crippen LogP contribution is 1.94. The first kappa shape index (κ1) is 9.39. The summed E-state index contributed by atoms with van der Waals surface area (Å²) in [5.41, 5.74) is 0. The van der Waals surface area contributed by atoms with Gasteiger partial charge >= 0.3 is 5.97 Å². The van der Waals surface area contributed by atoms with Gasteiger partial charge in [0.1, 0.15) is 6.23 Å². The van der Waals surface area contributed by atoms with Crippen LogP contribution in [-0.4, -0.2) is 31.5 Å². The van der Waals surface area contributed by atoms with Crippen molar-refractivity contribution in [3.8, 4) is 0 Å². The molecule has 0 saturated carbocycles. The Balaban J connectivity index is 3.26. The standard InChI is InChI=1S/C6H13NO3/c1-7-5(8)3-4-6(9)10-2/h5,7-8H,3-4H2,1-2H3. The smallest absolute Gasteiger partial charge is 0.305 e. The average molecular weight is 147 g/mol. The molecule has 0 radical (unpaired) electrons. The van der Waals surface area contributed by atoms with Crippen LogP contribution in [0.2, 0.25) is 0 Å². The van der Waals surface area contributed by atoms with Crippen molar-refractivity contribution in [3.63, 3.8) is 0 Å². The van der Waals surface area contributed by atoms with Crippen molar-refractivity contribution < 1.29 is 14.6 Å². The molecule has 0 saturated heterocycles. The second kappa shape index (κ2) is 5.20. The summed E-state index contributed by atoms with van der Waals surface area (Å²) in [4.78, 5) is 10.5. The molecule has 0 aliphatic carbocycles. The summed E-state index contributed by atoms with van der Waals surface area (Å²) in [5, 5.41) is 11.5. The summed E-state index contributed by atoms with van der Waals surface area (Å²) < 4.78 is 4.37. The SMILES string of the molecule is CNC(O)CCC(=O)OC. The molecular weight excluding hydrogens is 134 g/mol. The van der Waals surface area contributed by atoms with Crippen molar-refractivity contribution in [1.29, 1.82) is 0 Å². The Kier molecular flexibility index (Phi) is 4.88. The van der Waals surface area contributed by atoms with Crippen molar-refractivity contribution in [1.82, 2.24) is 5.32 Å². The lowest BCUT2D eigenvalue weighted by Gasteiger charge is -2.06. The number of nitrogens with one attached hydrogen (secondary N) is 1. The van der Waals surface area contributed by atoms with E-state index in [4.69, 9.17) is 5.11 Å². The van der Waals surface area contributed by atoms with E-state index in [0.29, 0.717) is 6.42 Å². The molecular formula is C6H13NO3. The first-order chi connectivity index (χ1) is 4.70. The quantitative estimate of drug-likeness (QED) is 0.415. The van der Waals surface area contributed by atoms with Crippen LogP contribution in [0.25, 0.3) is 0 Å². The number of carbonyl (C=O) groups is 1. The molecule has 60 valence electrons. The maximum Gasteiger partial charge on any atom is 0.305 e. The number of aliphatic hydroxyl groups excluding tert-OH is 1. The molecule has 0 spiro atoms. The number of rotatable bonds is 4. The topological polar surface area (TPSA) is 58.6 Å². The van der Waals surface area contributed by atoms with E-state index in [1.807, 2.05) is 0 Å². The van der Waals surface area contributed by atoms with Crippen molar-refractivity contribution in [2.45, 2.75) is 19.1 Å². The Bertz CT molecular complexity index is 105. The Labute approximate surface area is 60.2 Å². The lowest BCUT2D eigenvalue weighted by molar-refractivity contribution is -0.141. The van der Waals surface area contributed by atoms with Crippen LogP contribution < -0.4 is 5.32 Å². The summed E-state index contributed by atoms with van der Waals surface area (Å²) >= 11 is 0. The van der Waals surface area contributed by atoms with Gasteiger partial charge in [0.15, 0.2) is 0 Å². The summed E-state index contributed by atoms with van der Waals surface area (Å²) in [5.74, 6) is -0.297. The molecule has 0 fully saturated rings. The van der Waals surface area contributed by atoms with Crippen molar-refractivity contribution in [2.24, 2.45) is 0 Å². The first-order valence-corrected chi connectivity index (χ1v) is 3.13. The number of methoxy groups -OCH3 is 1. The minimum absolute atomic E-state index is 0.249. The normalized spacial score (nSPS) is 12.7. The van der Waals surface area contributed by atoms with E-state index in [1.54, 1.807) is 7.05 Å². The Morgan fingerprint density at radius 2 is 2.40 bits per heavy atom. The fourth-order valence-corrected chi connectivity index (χ4v) is 0.501. The monoisotopic (exact) mass is 147 g/mol. The van der Waals surface area contributed by atoms with Crippen LogP contribution in [0.4, 0.5) is 0 Å². The highest BCUT2D eigenvalue weighted by molar-refractivity contribution is 5.69. The highest BCUT2D eigenvalue weighted by atomic mass is 16.5. The van der Waals surface area contributed by atoms with Gasteiger partial charge < -0.3 is 9.84 Å². The zero-order valence-electron chi connectivity index (χ0n) is 6.26. The van der Waals surface area contributed by atoms with E-state index < -0.39 is 6.23 Å². The summed E-state index contributed by atoms with van der Waals surface area (Å²) in [6, 6.07) is 0. The number of hydrogen-bond acceptors (Lipinski definition) is 4. The molecule has 4 nitrogen and oxygen atoms in total. The number of carbonyl (C=O) groups excluding carboxylic acids is 1. The van der Waals surface area contributed by atoms with Gasteiger partial charge in [-0.25, -0.2) is 0 Å². The van der Waals surface area contributed by atoms with E-state index in [9.17, 15) is 4.79 Å². The molecule has 0 aliphatic heterocycles. The highest BCUT2D eigenvalue weighted by Gasteiger charge is 2.04. The predicted molar refractivity (Wildman–Crippen MR) is 36.3 cm³/mol. The van der Waals surface area contributed by atoms with E-state index >= 15 is 0 Å². The van der Waals surface area contributed by atoms with Gasteiger partial charge in [-0.2, -0.15) is 0 Å². The third kappa shape index (κ3) is 4.29. The van der Waals surface area contributed by atoms with Crippen LogP contribution >= 0.6 is 0 Å². The fourth-order valence-electron chi connectivity index (χ4n) is 0.501. The molecule has 0 aliphatic rings. The molecule has 0 heterocycles. The van der Waals surface area contributed by atoms with Gasteiger partial charge in [-0.3, -0.25) is 10.1 Å². The van der Waals surface area contributed by atoms with Crippen LogP contribution in [0.1, 0.15) is 12.8 Å². The summed E-state index contributed by atoms with van der Waals surface area (Å²) in [6.45, 7) is 0. The molecule has 0 amide bonds. The number of hydrogen-bond donors (Lipinski definition) is 2. The third-order valence-electron chi connectivity index (χ3n) is 1.18. The van der Waals surface area contributed by atoms with Crippen molar-refractivity contribution >= 4 is 5.97 Å². The molecule has 0 bridgehead atoms. The third-order valence-corrected chi connectivity index (χ3v) is 1.18. The van der Waals surface area contributed by atoms with Gasteiger partial charge in [-0.15, -0.1) is 0 Å². The van der Waals surface area contributed by atoms with Gasteiger partial charge in [0.05, 0.1) is 7.11 Å². The van der Waals surface area contributed by atoms with Gasteiger partial charge in [-0.05, 0) is 13.5 Å². The van der Waals surface area contributed by atoms with Gasteiger partial charge in [0.2, 0.25) is 0 Å². The van der Waals surface area contributed by atoms with Crippen molar-refractivity contribution in [2.75, 3.05) is 14.2 Å². The number of aliphatic hydroxyl groups is 1. The molecule has 4 heteroatoms. The van der Waals surface area contributed by atoms with Crippen LogP contribution in [0.5, 0.6) is 0 Å². The van der Waals surface area contributed by atoms with Gasteiger partial charge in [-0.1, -0.05) is 0 Å². The zero-order valence-corrected chi connectivity index (χ0v) is 6.26. The predicted octanol–water partition coefficient (Wildman–Crippen LogP) is -0.523. The fraction of sp³-hybridized carbons (Fsp3) is 0.833. The lowest BCUT2D eigenvalue weighted by atomic mass is 10.3. The average Bonchev–Trinajstić information content (AvgIpc) is 1.99. The van der Waals surface area contributed by atoms with Crippen LogP contribution in [0.15, 0.2) is 0 Å². The maximum absolute atomic E-state index is 10.5. The molecule has 0 aromatic carbocycles. The number of esters is 1. The van der Waals surface area contributed by atoms with Crippen molar-refractivity contribution in [3.05, 3.63) is 0 Å². The second-order valence-corrected chi connectivity index (χ2v) is 1.92. The minimum atomic E-state index is -0.612. The molecule has 2 N–H and O–H groups in total. The largest absolute Gasteiger partial charge is 0.469 e. The summed E-state index contributed by atoms with van der Waals surface area (Å²) in [7, 11) is 2.95. The van der Waals surface area contributed by atoms with Gasteiger partial charge in [0.25, 0.3) is 0 Å².